The van der Waals surface area contributed by atoms with E-state index < -0.39 is 0 Å². The standard InChI is InChI=1S/C17H18BrNO/c1-12-6-4-5-7-14(12)11-19(3)15-8-9-16(13(2)20)17(18)10-15/h4-10H,11H2,1-3H3. The van der Waals surface area contributed by atoms with E-state index in [0.29, 0.717) is 0 Å². The fourth-order valence-electron chi connectivity index (χ4n) is 2.16. The molecule has 0 aromatic heterocycles. The summed E-state index contributed by atoms with van der Waals surface area (Å²) in [7, 11) is 2.06. The number of Topliss-reactive ketones (excluding diaryl/α,β-unsaturated/α-hetero) is 1. The second-order valence-corrected chi connectivity index (χ2v) is 5.86. The Morgan fingerprint density at radius 1 is 1.20 bits per heavy atom. The van der Waals surface area contributed by atoms with Crippen LogP contribution >= 0.6 is 15.9 Å². The maximum absolute atomic E-state index is 11.4. The van der Waals surface area contributed by atoms with Gasteiger partial charge in [0.25, 0.3) is 0 Å². The van der Waals surface area contributed by atoms with E-state index in [2.05, 4.69) is 59.1 Å². The van der Waals surface area contributed by atoms with E-state index in [1.807, 2.05) is 18.2 Å². The number of aryl methyl sites for hydroxylation is 1. The van der Waals surface area contributed by atoms with Crippen LogP contribution in [0.15, 0.2) is 46.9 Å². The van der Waals surface area contributed by atoms with Crippen LogP contribution in [-0.4, -0.2) is 12.8 Å². The third-order valence-corrected chi connectivity index (χ3v) is 4.10. The third kappa shape index (κ3) is 3.28. The molecule has 0 bridgehead atoms. The van der Waals surface area contributed by atoms with E-state index in [0.717, 1.165) is 22.3 Å². The maximum atomic E-state index is 11.4. The summed E-state index contributed by atoms with van der Waals surface area (Å²) < 4.78 is 0.846. The minimum Gasteiger partial charge on any atom is -0.370 e. The van der Waals surface area contributed by atoms with Crippen LogP contribution in [0, 0.1) is 6.92 Å². The van der Waals surface area contributed by atoms with Gasteiger partial charge in [-0.25, -0.2) is 0 Å². The Morgan fingerprint density at radius 3 is 2.50 bits per heavy atom. The topological polar surface area (TPSA) is 20.3 Å². The summed E-state index contributed by atoms with van der Waals surface area (Å²) in [5.74, 6) is 0.0741. The lowest BCUT2D eigenvalue weighted by Gasteiger charge is -2.21. The van der Waals surface area contributed by atoms with Crippen molar-refractivity contribution in [3.63, 3.8) is 0 Å². The van der Waals surface area contributed by atoms with E-state index in [-0.39, 0.29) is 5.78 Å². The third-order valence-electron chi connectivity index (χ3n) is 3.44. The molecule has 104 valence electrons. The van der Waals surface area contributed by atoms with Crippen molar-refractivity contribution in [3.8, 4) is 0 Å². The SMILES string of the molecule is CC(=O)c1ccc(N(C)Cc2ccccc2C)cc1Br. The smallest absolute Gasteiger partial charge is 0.160 e. The number of ketones is 1. The van der Waals surface area contributed by atoms with Crippen LogP contribution in [-0.2, 0) is 6.54 Å². The summed E-state index contributed by atoms with van der Waals surface area (Å²) >= 11 is 3.47. The number of rotatable bonds is 4. The molecule has 0 N–H and O–H groups in total. The summed E-state index contributed by atoms with van der Waals surface area (Å²) in [4.78, 5) is 13.6. The summed E-state index contributed by atoms with van der Waals surface area (Å²) in [5, 5.41) is 0. The highest BCUT2D eigenvalue weighted by atomic mass is 79.9. The molecule has 0 aliphatic rings. The average Bonchev–Trinajstić information content (AvgIpc) is 2.40. The summed E-state index contributed by atoms with van der Waals surface area (Å²) in [6.45, 7) is 4.55. The van der Waals surface area contributed by atoms with Crippen molar-refractivity contribution in [2.45, 2.75) is 20.4 Å². The zero-order valence-electron chi connectivity index (χ0n) is 12.0. The van der Waals surface area contributed by atoms with Crippen LogP contribution in [0.4, 0.5) is 5.69 Å². The molecule has 0 heterocycles. The van der Waals surface area contributed by atoms with Crippen LogP contribution < -0.4 is 4.90 Å². The Bertz CT molecular complexity index is 637. The molecule has 0 radical (unpaired) electrons. The first kappa shape index (κ1) is 14.8. The van der Waals surface area contributed by atoms with Crippen molar-refractivity contribution in [1.29, 1.82) is 0 Å². The molecule has 0 saturated carbocycles. The highest BCUT2D eigenvalue weighted by molar-refractivity contribution is 9.10. The lowest BCUT2D eigenvalue weighted by molar-refractivity contribution is 0.101. The minimum atomic E-state index is 0.0741. The van der Waals surface area contributed by atoms with Gasteiger partial charge in [-0.15, -0.1) is 0 Å². The number of carbonyl (C=O) groups excluding carboxylic acids is 1. The maximum Gasteiger partial charge on any atom is 0.160 e. The number of benzene rings is 2. The first-order valence-corrected chi connectivity index (χ1v) is 7.34. The van der Waals surface area contributed by atoms with Crippen molar-refractivity contribution in [2.24, 2.45) is 0 Å². The monoisotopic (exact) mass is 331 g/mol. The van der Waals surface area contributed by atoms with Gasteiger partial charge in [-0.1, -0.05) is 24.3 Å². The van der Waals surface area contributed by atoms with Crippen molar-refractivity contribution in [2.75, 3.05) is 11.9 Å². The molecule has 2 aromatic rings. The zero-order chi connectivity index (χ0) is 14.7. The molecule has 2 aromatic carbocycles. The van der Waals surface area contributed by atoms with Gasteiger partial charge in [0, 0.05) is 29.3 Å². The molecule has 0 unspecified atom stereocenters. The van der Waals surface area contributed by atoms with Crippen molar-refractivity contribution < 1.29 is 4.79 Å². The molecule has 2 rings (SSSR count). The Hall–Kier alpha value is -1.61. The predicted octanol–water partition coefficient (Wildman–Crippen LogP) is 4.60. The van der Waals surface area contributed by atoms with Gasteiger partial charge in [-0.2, -0.15) is 0 Å². The lowest BCUT2D eigenvalue weighted by Crippen LogP contribution is -2.17. The van der Waals surface area contributed by atoms with Crippen LogP contribution in [0.25, 0.3) is 0 Å². The molecule has 0 amide bonds. The minimum absolute atomic E-state index is 0.0741. The summed E-state index contributed by atoms with van der Waals surface area (Å²) in [6, 6.07) is 14.2. The first-order valence-electron chi connectivity index (χ1n) is 6.55. The number of hydrogen-bond donors (Lipinski definition) is 0. The van der Waals surface area contributed by atoms with Crippen LogP contribution in [0.1, 0.15) is 28.4 Å². The highest BCUT2D eigenvalue weighted by Crippen LogP contribution is 2.25. The Labute approximate surface area is 128 Å². The molecule has 0 fully saturated rings. The van der Waals surface area contributed by atoms with Crippen molar-refractivity contribution >= 4 is 27.4 Å². The van der Waals surface area contributed by atoms with Gasteiger partial charge < -0.3 is 4.90 Å². The number of halogens is 1. The largest absolute Gasteiger partial charge is 0.370 e. The Kier molecular flexibility index (Phi) is 4.61. The normalized spacial score (nSPS) is 10.4. The van der Waals surface area contributed by atoms with E-state index in [1.54, 1.807) is 6.92 Å². The van der Waals surface area contributed by atoms with Gasteiger partial charge in [0.2, 0.25) is 0 Å². The highest BCUT2D eigenvalue weighted by Gasteiger charge is 2.09. The molecule has 0 spiro atoms. The van der Waals surface area contributed by atoms with Gasteiger partial charge >= 0.3 is 0 Å². The average molecular weight is 332 g/mol. The molecule has 0 saturated heterocycles. The number of nitrogens with zero attached hydrogens (tertiary/aromatic N) is 1. The van der Waals surface area contributed by atoms with Gasteiger partial charge in [0.1, 0.15) is 0 Å². The van der Waals surface area contributed by atoms with Crippen molar-refractivity contribution in [3.05, 3.63) is 63.6 Å². The second kappa shape index (κ2) is 6.23. The predicted molar refractivity (Wildman–Crippen MR) is 87.4 cm³/mol. The van der Waals surface area contributed by atoms with Crippen LogP contribution in [0.3, 0.4) is 0 Å². The molecule has 0 aliphatic heterocycles. The van der Waals surface area contributed by atoms with Gasteiger partial charge in [0.05, 0.1) is 0 Å². The molecule has 0 aliphatic carbocycles. The Balaban J connectivity index is 2.22. The summed E-state index contributed by atoms with van der Waals surface area (Å²) in [6.07, 6.45) is 0. The molecule has 20 heavy (non-hydrogen) atoms. The van der Waals surface area contributed by atoms with E-state index >= 15 is 0 Å². The number of hydrogen-bond acceptors (Lipinski definition) is 2. The fourth-order valence-corrected chi connectivity index (χ4v) is 2.81. The van der Waals surface area contributed by atoms with Gasteiger partial charge in [-0.05, 0) is 59.1 Å². The van der Waals surface area contributed by atoms with E-state index in [1.165, 1.54) is 11.1 Å². The first-order chi connectivity index (χ1) is 9.49. The Morgan fingerprint density at radius 2 is 1.90 bits per heavy atom. The fraction of sp³-hybridized carbons (Fsp3) is 0.235. The number of carbonyl (C=O) groups is 1. The molecular weight excluding hydrogens is 314 g/mol. The second-order valence-electron chi connectivity index (χ2n) is 5.00. The van der Waals surface area contributed by atoms with Crippen molar-refractivity contribution in [1.82, 2.24) is 0 Å². The lowest BCUT2D eigenvalue weighted by atomic mass is 10.1. The number of anilines is 1. The molecule has 3 heteroatoms. The zero-order valence-corrected chi connectivity index (χ0v) is 13.6. The van der Waals surface area contributed by atoms with Gasteiger partial charge in [-0.3, -0.25) is 4.79 Å². The van der Waals surface area contributed by atoms with Crippen LogP contribution in [0.5, 0.6) is 0 Å². The van der Waals surface area contributed by atoms with Gasteiger partial charge in [0.15, 0.2) is 5.78 Å². The van der Waals surface area contributed by atoms with Crippen LogP contribution in [0.2, 0.25) is 0 Å². The summed E-state index contributed by atoms with van der Waals surface area (Å²) in [5.41, 5.74) is 4.41. The quantitative estimate of drug-likeness (QED) is 0.763. The molecular formula is C17H18BrNO. The molecule has 2 nitrogen and oxygen atoms in total. The van der Waals surface area contributed by atoms with E-state index in [9.17, 15) is 4.79 Å². The molecule has 0 atom stereocenters. The van der Waals surface area contributed by atoms with E-state index in [4.69, 9.17) is 0 Å².